The van der Waals surface area contributed by atoms with E-state index in [9.17, 15) is 15.0 Å². The van der Waals surface area contributed by atoms with Crippen LogP contribution < -0.4 is 0 Å². The van der Waals surface area contributed by atoms with E-state index < -0.39 is 17.6 Å². The molecule has 0 saturated heterocycles. The number of ether oxygens (including phenoxy) is 1. The fourth-order valence-electron chi connectivity index (χ4n) is 8.18. The molecule has 43 heavy (non-hydrogen) atoms. The molecule has 0 aromatic carbocycles. The number of rotatable bonds is 10. The molecule has 5 rings (SSSR count). The van der Waals surface area contributed by atoms with Crippen molar-refractivity contribution in [3.8, 4) is 0 Å². The number of carbonyl (C=O) groups excluding carboxylic acids is 1. The number of aryl methyl sites for hydroxylation is 1. The molecule has 0 amide bonds. The molecule has 1 aromatic rings. The Morgan fingerprint density at radius 2 is 1.98 bits per heavy atom. The van der Waals surface area contributed by atoms with Crippen molar-refractivity contribution in [1.29, 1.82) is 0 Å². The summed E-state index contributed by atoms with van der Waals surface area (Å²) in [5.74, 6) is 2.42. The summed E-state index contributed by atoms with van der Waals surface area (Å²) >= 11 is 0. The molecular formula is C36H54N2O5. The molecule has 4 aliphatic rings. The van der Waals surface area contributed by atoms with Crippen molar-refractivity contribution >= 4 is 5.97 Å². The van der Waals surface area contributed by atoms with Gasteiger partial charge in [0.15, 0.2) is 5.82 Å². The smallest absolute Gasteiger partial charge is 0.311 e. The summed E-state index contributed by atoms with van der Waals surface area (Å²) in [5, 5.41) is 24.7. The minimum atomic E-state index is -0.652. The fourth-order valence-corrected chi connectivity index (χ4v) is 8.18. The molecule has 1 aromatic heterocycles. The molecule has 7 nitrogen and oxygen atoms in total. The van der Waals surface area contributed by atoms with Gasteiger partial charge in [-0.25, -0.2) is 0 Å². The van der Waals surface area contributed by atoms with Crippen LogP contribution in [0.4, 0.5) is 0 Å². The first-order valence-corrected chi connectivity index (χ1v) is 16.9. The predicted molar refractivity (Wildman–Crippen MR) is 167 cm³/mol. The van der Waals surface area contributed by atoms with Crippen molar-refractivity contribution in [2.75, 3.05) is 0 Å². The first-order valence-electron chi connectivity index (χ1n) is 16.9. The van der Waals surface area contributed by atoms with E-state index in [1.165, 1.54) is 31.3 Å². The van der Waals surface area contributed by atoms with Crippen LogP contribution in [0.1, 0.15) is 130 Å². The van der Waals surface area contributed by atoms with Gasteiger partial charge in [-0.2, -0.15) is 4.98 Å². The molecule has 4 unspecified atom stereocenters. The monoisotopic (exact) mass is 594 g/mol. The van der Waals surface area contributed by atoms with Crippen LogP contribution >= 0.6 is 0 Å². The van der Waals surface area contributed by atoms with Crippen LogP contribution in [0.5, 0.6) is 0 Å². The van der Waals surface area contributed by atoms with Gasteiger partial charge >= 0.3 is 5.97 Å². The van der Waals surface area contributed by atoms with Crippen molar-refractivity contribution in [2.45, 2.75) is 148 Å². The van der Waals surface area contributed by atoms with Gasteiger partial charge in [0.2, 0.25) is 5.89 Å². The number of aliphatic hydroxyl groups excluding tert-OH is 2. The molecule has 0 radical (unpaired) electrons. The Morgan fingerprint density at radius 3 is 2.67 bits per heavy atom. The summed E-state index contributed by atoms with van der Waals surface area (Å²) in [6, 6.07) is 0. The lowest BCUT2D eigenvalue weighted by atomic mass is 9.62. The van der Waals surface area contributed by atoms with Gasteiger partial charge in [0.25, 0.3) is 0 Å². The zero-order valence-corrected chi connectivity index (χ0v) is 27.2. The highest BCUT2D eigenvalue weighted by Crippen LogP contribution is 2.59. The average molecular weight is 595 g/mol. The standard InChI is InChI=1S/C36H54N2O5/c1-7-10-31-37-32(43-38-31)36(19-20-36)30(42-33(41)34(3,4)5)13-8-12-26-16-17-28-24(11-9-18-35(26,28)6)14-15-25-21-27(39)22-29(40)23(25)2/h14-15,26-30,39-40H,2,7-13,16-22H2,1,3-6H3/b24-14+,25-15-/t26?,27-,28?,29+,30?,35?/m1/s1. The van der Waals surface area contributed by atoms with Crippen LogP contribution in [0.2, 0.25) is 0 Å². The van der Waals surface area contributed by atoms with E-state index in [4.69, 9.17) is 14.2 Å². The third-order valence-corrected chi connectivity index (χ3v) is 11.1. The number of nitrogens with zero attached hydrogens (tertiary/aromatic N) is 2. The Balaban J connectivity index is 1.26. The number of fused-ring (bicyclic) bond motifs is 1. The molecule has 7 heteroatoms. The van der Waals surface area contributed by atoms with Gasteiger partial charge in [0.05, 0.1) is 23.0 Å². The number of hydrogen-bond acceptors (Lipinski definition) is 7. The first-order chi connectivity index (χ1) is 20.4. The maximum absolute atomic E-state index is 13.1. The summed E-state index contributed by atoms with van der Waals surface area (Å²) in [5.41, 5.74) is 2.60. The Bertz CT molecular complexity index is 1230. The Hall–Kier alpha value is -2.25. The van der Waals surface area contributed by atoms with Gasteiger partial charge in [-0.15, -0.1) is 0 Å². The van der Waals surface area contributed by atoms with E-state index in [2.05, 4.69) is 37.7 Å². The SMILES string of the molecule is C=C1/C(=C\C=C2/CCCC3(C)C(CCCC(OC(=O)C(C)(C)C)C4(c5nc(CCC)no5)CC4)CCC23)C[C@@H](O)C[C@@H]1O. The van der Waals surface area contributed by atoms with Crippen LogP contribution in [-0.4, -0.2) is 44.6 Å². The molecule has 4 fully saturated rings. The zero-order valence-electron chi connectivity index (χ0n) is 27.2. The van der Waals surface area contributed by atoms with Crippen LogP contribution in [0.3, 0.4) is 0 Å². The molecule has 4 saturated carbocycles. The van der Waals surface area contributed by atoms with Gasteiger partial charge in [-0.3, -0.25) is 4.79 Å². The number of aromatic nitrogens is 2. The number of carbonyl (C=O) groups is 1. The van der Waals surface area contributed by atoms with E-state index in [1.54, 1.807) is 0 Å². The molecule has 0 spiro atoms. The molecule has 2 N–H and O–H groups in total. The maximum Gasteiger partial charge on any atom is 0.311 e. The number of aliphatic hydroxyl groups is 2. The van der Waals surface area contributed by atoms with Crippen LogP contribution in [0.15, 0.2) is 40.0 Å². The van der Waals surface area contributed by atoms with E-state index in [1.807, 2.05) is 20.8 Å². The van der Waals surface area contributed by atoms with E-state index in [0.717, 1.165) is 68.3 Å². The van der Waals surface area contributed by atoms with Crippen molar-refractivity contribution in [1.82, 2.24) is 10.1 Å². The van der Waals surface area contributed by atoms with Gasteiger partial charge in [0.1, 0.15) is 6.10 Å². The van der Waals surface area contributed by atoms with Crippen LogP contribution in [0, 0.1) is 22.7 Å². The minimum absolute atomic E-state index is 0.165. The Kier molecular flexibility index (Phi) is 9.44. The molecule has 0 aliphatic heterocycles. The maximum atomic E-state index is 13.1. The second-order valence-electron chi connectivity index (χ2n) is 15.3. The van der Waals surface area contributed by atoms with Crippen molar-refractivity contribution in [3.05, 3.63) is 47.2 Å². The predicted octanol–water partition coefficient (Wildman–Crippen LogP) is 7.32. The minimum Gasteiger partial charge on any atom is -0.461 e. The van der Waals surface area contributed by atoms with Gasteiger partial charge in [-0.05, 0) is 126 Å². The lowest BCUT2D eigenvalue weighted by Gasteiger charge is -2.42. The number of hydrogen-bond donors (Lipinski definition) is 2. The molecule has 238 valence electrons. The van der Waals surface area contributed by atoms with Crippen LogP contribution in [0.25, 0.3) is 0 Å². The fraction of sp³-hybridized carbons (Fsp3) is 0.750. The molecule has 4 aliphatic carbocycles. The molecule has 0 bridgehead atoms. The normalized spacial score (nSPS) is 33.0. The third kappa shape index (κ3) is 6.73. The molecule has 1 heterocycles. The van der Waals surface area contributed by atoms with E-state index in [0.29, 0.717) is 30.6 Å². The number of esters is 1. The third-order valence-electron chi connectivity index (χ3n) is 11.1. The quantitative estimate of drug-likeness (QED) is 0.273. The van der Waals surface area contributed by atoms with Gasteiger partial charge in [0, 0.05) is 12.8 Å². The number of allylic oxidation sites excluding steroid dienone is 3. The summed E-state index contributed by atoms with van der Waals surface area (Å²) in [7, 11) is 0. The Labute approximate surface area is 258 Å². The first kappa shape index (κ1) is 32.2. The van der Waals surface area contributed by atoms with Gasteiger partial charge < -0.3 is 19.5 Å². The van der Waals surface area contributed by atoms with E-state index >= 15 is 0 Å². The Morgan fingerprint density at radius 1 is 1.21 bits per heavy atom. The lowest BCUT2D eigenvalue weighted by molar-refractivity contribution is -0.161. The highest BCUT2D eigenvalue weighted by atomic mass is 16.5. The molecular weight excluding hydrogens is 540 g/mol. The topological polar surface area (TPSA) is 106 Å². The molecule has 6 atom stereocenters. The van der Waals surface area contributed by atoms with Crippen molar-refractivity contribution in [3.63, 3.8) is 0 Å². The highest BCUT2D eigenvalue weighted by molar-refractivity contribution is 5.75. The summed E-state index contributed by atoms with van der Waals surface area (Å²) in [4.78, 5) is 17.8. The van der Waals surface area contributed by atoms with Crippen molar-refractivity contribution < 1.29 is 24.3 Å². The van der Waals surface area contributed by atoms with Crippen LogP contribution in [-0.2, 0) is 21.4 Å². The lowest BCUT2D eigenvalue weighted by Crippen LogP contribution is -2.36. The summed E-state index contributed by atoms with van der Waals surface area (Å²) in [6.45, 7) is 14.4. The second kappa shape index (κ2) is 12.6. The largest absolute Gasteiger partial charge is 0.461 e. The van der Waals surface area contributed by atoms with Crippen molar-refractivity contribution in [2.24, 2.45) is 22.7 Å². The second-order valence-corrected chi connectivity index (χ2v) is 15.3. The van der Waals surface area contributed by atoms with E-state index in [-0.39, 0.29) is 22.9 Å². The summed E-state index contributed by atoms with van der Waals surface area (Å²) in [6.07, 6.45) is 16.4. The average Bonchev–Trinajstić information content (AvgIpc) is 3.49. The zero-order chi connectivity index (χ0) is 31.0. The summed E-state index contributed by atoms with van der Waals surface area (Å²) < 4.78 is 12.0. The van der Waals surface area contributed by atoms with Gasteiger partial charge in [-0.1, -0.05) is 43.3 Å². The highest BCUT2D eigenvalue weighted by Gasteiger charge is 2.57.